The van der Waals surface area contributed by atoms with E-state index in [1.807, 2.05) is 0 Å². The first-order valence-corrected chi connectivity index (χ1v) is 9.62. The number of urea groups is 1. The Hall–Kier alpha value is -3.79. The third kappa shape index (κ3) is 5.61. The average Bonchev–Trinajstić information content (AvgIpc) is 3.03. The van der Waals surface area contributed by atoms with Crippen LogP contribution in [0.4, 0.5) is 31.4 Å². The molecule has 3 aromatic rings. The van der Waals surface area contributed by atoms with E-state index < -0.39 is 17.8 Å². The van der Waals surface area contributed by atoms with Crippen LogP contribution in [-0.4, -0.2) is 22.8 Å². The van der Waals surface area contributed by atoms with Gasteiger partial charge in [0.25, 0.3) is 5.91 Å². The maximum atomic E-state index is 12.9. The summed E-state index contributed by atoms with van der Waals surface area (Å²) >= 11 is 1.02. The number of benzene rings is 2. The van der Waals surface area contributed by atoms with Gasteiger partial charge in [0.05, 0.1) is 5.69 Å². The summed E-state index contributed by atoms with van der Waals surface area (Å²) in [5, 5.41) is 10.7. The highest BCUT2D eigenvalue weighted by Crippen LogP contribution is 2.24. The first kappa shape index (κ1) is 20.9. The lowest BCUT2D eigenvalue weighted by atomic mass is 10.2. The second kappa shape index (κ2) is 9.14. The Morgan fingerprint density at radius 2 is 1.57 bits per heavy atom. The Morgan fingerprint density at radius 3 is 2.23 bits per heavy atom. The van der Waals surface area contributed by atoms with E-state index in [1.54, 1.807) is 31.2 Å². The number of aromatic nitrogens is 1. The summed E-state index contributed by atoms with van der Waals surface area (Å²) < 4.78 is 12.9. The van der Waals surface area contributed by atoms with Crippen LogP contribution in [0.3, 0.4) is 0 Å². The second-order valence-corrected chi connectivity index (χ2v) is 7.23. The van der Waals surface area contributed by atoms with Crippen LogP contribution in [-0.2, 0) is 4.79 Å². The molecule has 0 spiro atoms. The van der Waals surface area contributed by atoms with Crippen LogP contribution in [0.15, 0.2) is 48.5 Å². The van der Waals surface area contributed by atoms with Gasteiger partial charge < -0.3 is 16.0 Å². The molecule has 0 aliphatic rings. The summed E-state index contributed by atoms with van der Waals surface area (Å²) in [5.74, 6) is -1.02. The van der Waals surface area contributed by atoms with Crippen LogP contribution < -0.4 is 21.3 Å². The Balaban J connectivity index is 1.65. The third-order valence-corrected chi connectivity index (χ3v) is 4.84. The van der Waals surface area contributed by atoms with Gasteiger partial charge in [0.1, 0.15) is 10.7 Å². The van der Waals surface area contributed by atoms with Crippen molar-refractivity contribution in [1.29, 1.82) is 0 Å². The Kier molecular flexibility index (Phi) is 6.38. The quantitative estimate of drug-likeness (QED) is 0.482. The minimum absolute atomic E-state index is 0.216. The van der Waals surface area contributed by atoms with Crippen molar-refractivity contribution in [3.63, 3.8) is 0 Å². The highest BCUT2D eigenvalue weighted by atomic mass is 32.1. The normalized spacial score (nSPS) is 10.2. The Bertz CT molecular complexity index is 1100. The molecule has 154 valence electrons. The van der Waals surface area contributed by atoms with E-state index in [0.29, 0.717) is 27.6 Å². The maximum absolute atomic E-state index is 12.9. The summed E-state index contributed by atoms with van der Waals surface area (Å²) in [7, 11) is 0. The molecule has 0 atom stereocenters. The molecule has 1 heterocycles. The fourth-order valence-corrected chi connectivity index (χ4v) is 3.38. The van der Waals surface area contributed by atoms with E-state index in [2.05, 4.69) is 26.3 Å². The van der Waals surface area contributed by atoms with Crippen molar-refractivity contribution >= 4 is 51.4 Å². The molecule has 3 rings (SSSR count). The number of rotatable bonds is 5. The van der Waals surface area contributed by atoms with Crippen molar-refractivity contribution in [3.05, 3.63) is 64.9 Å². The molecule has 4 amide bonds. The molecule has 0 aliphatic heterocycles. The van der Waals surface area contributed by atoms with Gasteiger partial charge in [-0.2, -0.15) is 0 Å². The number of amides is 4. The van der Waals surface area contributed by atoms with Gasteiger partial charge in [0.2, 0.25) is 5.91 Å². The number of nitrogens with zero attached hydrogens (tertiary/aromatic N) is 1. The SMILES string of the molecule is CC(=O)Nc1cccc(NC(=O)c2sc(NC(=O)Nc3ccc(F)cc3)nc2C)c1. The number of anilines is 4. The highest BCUT2D eigenvalue weighted by Gasteiger charge is 2.17. The van der Waals surface area contributed by atoms with Crippen molar-refractivity contribution in [2.24, 2.45) is 0 Å². The average molecular weight is 427 g/mol. The number of halogens is 1. The highest BCUT2D eigenvalue weighted by molar-refractivity contribution is 7.17. The van der Waals surface area contributed by atoms with Crippen LogP contribution in [0, 0.1) is 12.7 Å². The van der Waals surface area contributed by atoms with Crippen molar-refractivity contribution in [1.82, 2.24) is 4.98 Å². The fraction of sp³-hybridized carbons (Fsp3) is 0.100. The molecule has 0 unspecified atom stereocenters. The molecule has 8 nitrogen and oxygen atoms in total. The fourth-order valence-electron chi connectivity index (χ4n) is 2.52. The van der Waals surface area contributed by atoms with Gasteiger partial charge in [0, 0.05) is 24.0 Å². The van der Waals surface area contributed by atoms with E-state index in [4.69, 9.17) is 0 Å². The number of carbonyl (C=O) groups is 3. The number of carbonyl (C=O) groups excluding carboxylic acids is 3. The van der Waals surface area contributed by atoms with Crippen LogP contribution in [0.25, 0.3) is 0 Å². The molecular weight excluding hydrogens is 409 g/mol. The summed E-state index contributed by atoms with van der Waals surface area (Å²) in [4.78, 5) is 40.4. The molecule has 30 heavy (non-hydrogen) atoms. The Labute approximate surface area is 175 Å². The Morgan fingerprint density at radius 1 is 0.900 bits per heavy atom. The molecule has 0 aliphatic carbocycles. The summed E-state index contributed by atoms with van der Waals surface area (Å²) in [6.07, 6.45) is 0. The second-order valence-electron chi connectivity index (χ2n) is 6.24. The molecule has 0 saturated heterocycles. The molecule has 0 bridgehead atoms. The summed E-state index contributed by atoms with van der Waals surface area (Å²) in [6.45, 7) is 3.05. The van der Waals surface area contributed by atoms with E-state index in [1.165, 1.54) is 31.2 Å². The van der Waals surface area contributed by atoms with Crippen molar-refractivity contribution in [2.45, 2.75) is 13.8 Å². The number of hydrogen-bond acceptors (Lipinski definition) is 5. The zero-order chi connectivity index (χ0) is 21.7. The maximum Gasteiger partial charge on any atom is 0.325 e. The topological polar surface area (TPSA) is 112 Å². The van der Waals surface area contributed by atoms with Gasteiger partial charge in [0.15, 0.2) is 5.13 Å². The van der Waals surface area contributed by atoms with E-state index in [9.17, 15) is 18.8 Å². The van der Waals surface area contributed by atoms with Crippen LogP contribution in [0.1, 0.15) is 22.3 Å². The zero-order valence-corrected chi connectivity index (χ0v) is 16.9. The van der Waals surface area contributed by atoms with Crippen molar-refractivity contribution in [2.75, 3.05) is 21.3 Å². The van der Waals surface area contributed by atoms with E-state index in [0.717, 1.165) is 11.3 Å². The number of aryl methyl sites for hydroxylation is 1. The lowest BCUT2D eigenvalue weighted by Gasteiger charge is -2.07. The van der Waals surface area contributed by atoms with Gasteiger partial charge in [-0.05, 0) is 49.4 Å². The third-order valence-electron chi connectivity index (χ3n) is 3.77. The summed E-state index contributed by atoms with van der Waals surface area (Å²) in [5.41, 5.74) is 1.93. The standard InChI is InChI=1S/C20H18FN5O3S/c1-11-17(18(28)24-16-5-3-4-15(10-16)23-12(2)27)30-20(22-11)26-19(29)25-14-8-6-13(21)7-9-14/h3-10H,1-2H3,(H,23,27)(H,24,28)(H2,22,25,26,29). The molecule has 2 aromatic carbocycles. The van der Waals surface area contributed by atoms with Gasteiger partial charge in [-0.3, -0.25) is 14.9 Å². The minimum Gasteiger partial charge on any atom is -0.326 e. The molecular formula is C20H18FN5O3S. The molecule has 0 radical (unpaired) electrons. The largest absolute Gasteiger partial charge is 0.326 e. The van der Waals surface area contributed by atoms with Gasteiger partial charge in [-0.1, -0.05) is 17.4 Å². The van der Waals surface area contributed by atoms with E-state index in [-0.39, 0.29) is 11.0 Å². The lowest BCUT2D eigenvalue weighted by molar-refractivity contribution is -0.114. The zero-order valence-electron chi connectivity index (χ0n) is 16.1. The molecule has 0 saturated carbocycles. The first-order valence-electron chi connectivity index (χ1n) is 8.80. The number of hydrogen-bond donors (Lipinski definition) is 4. The number of nitrogens with one attached hydrogen (secondary N) is 4. The molecule has 1 aromatic heterocycles. The minimum atomic E-state index is -0.565. The monoisotopic (exact) mass is 427 g/mol. The van der Waals surface area contributed by atoms with Crippen LogP contribution in [0.5, 0.6) is 0 Å². The first-order chi connectivity index (χ1) is 14.3. The predicted octanol–water partition coefficient (Wildman–Crippen LogP) is 4.45. The number of thiazole rings is 1. The molecule has 4 N–H and O–H groups in total. The van der Waals surface area contributed by atoms with Crippen molar-refractivity contribution < 1.29 is 18.8 Å². The smallest absolute Gasteiger partial charge is 0.325 e. The van der Waals surface area contributed by atoms with Gasteiger partial charge in [-0.25, -0.2) is 14.2 Å². The molecule has 10 heteroatoms. The van der Waals surface area contributed by atoms with Gasteiger partial charge >= 0.3 is 6.03 Å². The van der Waals surface area contributed by atoms with Crippen LogP contribution >= 0.6 is 11.3 Å². The lowest BCUT2D eigenvalue weighted by Crippen LogP contribution is -2.19. The van der Waals surface area contributed by atoms with E-state index >= 15 is 0 Å². The predicted molar refractivity (Wildman–Crippen MR) is 115 cm³/mol. The molecule has 0 fully saturated rings. The summed E-state index contributed by atoms with van der Waals surface area (Å²) in [6, 6.07) is 11.5. The van der Waals surface area contributed by atoms with Crippen molar-refractivity contribution in [3.8, 4) is 0 Å². The van der Waals surface area contributed by atoms with Gasteiger partial charge in [-0.15, -0.1) is 0 Å². The van der Waals surface area contributed by atoms with Crippen LogP contribution in [0.2, 0.25) is 0 Å².